The molecule has 0 N–H and O–H groups in total. The summed E-state index contributed by atoms with van der Waals surface area (Å²) < 4.78 is 42.6. The van der Waals surface area contributed by atoms with Gasteiger partial charge in [-0.1, -0.05) is 12.1 Å². The van der Waals surface area contributed by atoms with Crippen LogP contribution in [-0.2, 0) is 10.0 Å². The fourth-order valence-electron chi connectivity index (χ4n) is 2.85. The minimum absolute atomic E-state index is 0.108. The second-order valence-corrected chi connectivity index (χ2v) is 9.06. The van der Waals surface area contributed by atoms with Crippen molar-refractivity contribution in [3.63, 3.8) is 0 Å². The van der Waals surface area contributed by atoms with E-state index in [0.29, 0.717) is 26.9 Å². The second-order valence-electron chi connectivity index (χ2n) is 6.29. The molecule has 0 saturated carbocycles. The molecule has 3 aromatic heterocycles. The van der Waals surface area contributed by atoms with E-state index in [0.717, 1.165) is 4.41 Å². The monoisotopic (exact) mass is 487 g/mol. The van der Waals surface area contributed by atoms with Gasteiger partial charge in [0, 0.05) is 35.0 Å². The zero-order valence-electron chi connectivity index (χ0n) is 15.6. The maximum atomic E-state index is 14.0. The third-order valence-electron chi connectivity index (χ3n) is 4.42. The molecule has 0 amide bonds. The van der Waals surface area contributed by atoms with Gasteiger partial charge in [0.25, 0.3) is 10.0 Å². The molecule has 30 heavy (non-hydrogen) atoms. The van der Waals surface area contributed by atoms with Gasteiger partial charge in [-0.3, -0.25) is 4.40 Å². The summed E-state index contributed by atoms with van der Waals surface area (Å²) in [5, 5.41) is 4.08. The van der Waals surface area contributed by atoms with Crippen molar-refractivity contribution in [2.45, 2.75) is 4.90 Å². The Morgan fingerprint density at radius 3 is 2.70 bits per heavy atom. The minimum atomic E-state index is -3.83. The van der Waals surface area contributed by atoms with Crippen LogP contribution in [0.5, 0.6) is 0 Å². The highest BCUT2D eigenvalue weighted by molar-refractivity contribution is 9.10. The lowest BCUT2D eigenvalue weighted by Crippen LogP contribution is -2.22. The number of rotatable bonds is 5. The number of aromatic nitrogens is 3. The van der Waals surface area contributed by atoms with Crippen LogP contribution in [0.1, 0.15) is 5.69 Å². The highest BCUT2D eigenvalue weighted by Crippen LogP contribution is 2.24. The van der Waals surface area contributed by atoms with Crippen molar-refractivity contribution in [3.05, 3.63) is 83.2 Å². The predicted molar refractivity (Wildman–Crippen MR) is 115 cm³/mol. The molecule has 4 aromatic rings. The van der Waals surface area contributed by atoms with Crippen LogP contribution in [0.4, 0.5) is 4.39 Å². The number of imidazole rings is 1. The van der Waals surface area contributed by atoms with E-state index in [1.807, 2.05) is 0 Å². The van der Waals surface area contributed by atoms with Crippen LogP contribution in [0.15, 0.2) is 81.6 Å². The van der Waals surface area contributed by atoms with Crippen molar-refractivity contribution in [1.29, 1.82) is 0 Å². The molecule has 0 radical (unpaired) electrons. The molecule has 7 nitrogen and oxygen atoms in total. The van der Waals surface area contributed by atoms with Crippen molar-refractivity contribution < 1.29 is 12.8 Å². The van der Waals surface area contributed by atoms with Crippen molar-refractivity contribution in [2.24, 2.45) is 5.10 Å². The highest BCUT2D eigenvalue weighted by atomic mass is 79.9. The maximum absolute atomic E-state index is 14.0. The maximum Gasteiger partial charge on any atom is 0.279 e. The number of nitrogens with zero attached hydrogens (tertiary/aromatic N) is 5. The Morgan fingerprint density at radius 2 is 1.93 bits per heavy atom. The Balaban J connectivity index is 1.69. The summed E-state index contributed by atoms with van der Waals surface area (Å²) in [5.74, 6) is -0.577. The van der Waals surface area contributed by atoms with E-state index in [4.69, 9.17) is 0 Å². The van der Waals surface area contributed by atoms with Crippen LogP contribution in [0.3, 0.4) is 0 Å². The Kier molecular flexibility index (Phi) is 5.35. The van der Waals surface area contributed by atoms with E-state index in [-0.39, 0.29) is 4.90 Å². The van der Waals surface area contributed by atoms with E-state index in [9.17, 15) is 12.8 Å². The zero-order chi connectivity index (χ0) is 21.3. The van der Waals surface area contributed by atoms with Crippen LogP contribution in [-0.4, -0.2) is 40.5 Å². The van der Waals surface area contributed by atoms with E-state index in [1.54, 1.807) is 59.3 Å². The van der Waals surface area contributed by atoms with Crippen molar-refractivity contribution in [1.82, 2.24) is 18.8 Å². The summed E-state index contributed by atoms with van der Waals surface area (Å²) in [6.45, 7) is 0. The summed E-state index contributed by atoms with van der Waals surface area (Å²) in [6, 6.07) is 13.3. The molecule has 0 aliphatic rings. The third-order valence-corrected chi connectivity index (χ3v) is 7.08. The zero-order valence-corrected chi connectivity index (χ0v) is 18.0. The first-order valence-electron chi connectivity index (χ1n) is 8.73. The number of hydrazone groups is 1. The Morgan fingerprint density at radius 1 is 1.13 bits per heavy atom. The molecule has 0 aliphatic heterocycles. The molecule has 0 fully saturated rings. The van der Waals surface area contributed by atoms with Crippen molar-refractivity contribution in [2.75, 3.05) is 7.05 Å². The first kappa shape index (κ1) is 20.2. The number of pyridine rings is 2. The quantitative estimate of drug-likeness (QED) is 0.242. The molecule has 10 heteroatoms. The smallest absolute Gasteiger partial charge is 0.279 e. The van der Waals surface area contributed by atoms with E-state index in [1.165, 1.54) is 25.5 Å². The Bertz CT molecular complexity index is 1370. The van der Waals surface area contributed by atoms with Crippen LogP contribution in [0, 0.1) is 5.95 Å². The lowest BCUT2D eigenvalue weighted by molar-refractivity contribution is 0.490. The number of benzene rings is 1. The first-order valence-corrected chi connectivity index (χ1v) is 11.0. The van der Waals surface area contributed by atoms with Crippen LogP contribution < -0.4 is 0 Å². The van der Waals surface area contributed by atoms with Gasteiger partial charge < -0.3 is 0 Å². The molecule has 152 valence electrons. The molecular weight excluding hydrogens is 473 g/mol. The molecule has 0 saturated heterocycles. The average molecular weight is 488 g/mol. The van der Waals surface area contributed by atoms with Gasteiger partial charge in [-0.25, -0.2) is 9.97 Å². The lowest BCUT2D eigenvalue weighted by atomic mass is 10.1. The van der Waals surface area contributed by atoms with Crippen molar-refractivity contribution >= 4 is 37.8 Å². The summed E-state index contributed by atoms with van der Waals surface area (Å²) in [4.78, 5) is 8.06. The topological polar surface area (TPSA) is 79.9 Å². The molecule has 0 spiro atoms. The van der Waals surface area contributed by atoms with Gasteiger partial charge in [0.15, 0.2) is 0 Å². The number of fused-ring (bicyclic) bond motifs is 1. The minimum Gasteiger partial charge on any atom is -0.298 e. The average Bonchev–Trinajstić information content (AvgIpc) is 3.14. The number of hydrogen-bond donors (Lipinski definition) is 0. The van der Waals surface area contributed by atoms with Gasteiger partial charge in [0.1, 0.15) is 10.5 Å². The first-order chi connectivity index (χ1) is 14.4. The van der Waals surface area contributed by atoms with Crippen LogP contribution >= 0.6 is 15.9 Å². The Hall–Kier alpha value is -3.11. The molecule has 0 atom stereocenters. The van der Waals surface area contributed by atoms with Crippen LogP contribution in [0.2, 0.25) is 0 Å². The standard InChI is InChI=1S/C20H15BrFN5O2S/c1-26(30(28,29)18-7-3-2-6-17(18)21)25-12-15-11-24-19-9-8-14(13-27(15)19)16-5-4-10-23-20(16)22/h2-13H,1H3/b25-12+. The van der Waals surface area contributed by atoms with Gasteiger partial charge in [-0.15, -0.1) is 0 Å². The molecule has 3 heterocycles. The van der Waals surface area contributed by atoms with Crippen LogP contribution in [0.25, 0.3) is 16.8 Å². The van der Waals surface area contributed by atoms with Crippen molar-refractivity contribution in [3.8, 4) is 11.1 Å². The van der Waals surface area contributed by atoms with Gasteiger partial charge in [0.05, 0.1) is 18.1 Å². The summed E-state index contributed by atoms with van der Waals surface area (Å²) in [6.07, 6.45) is 6.03. The molecular formula is C20H15BrFN5O2S. The Labute approximate surface area is 180 Å². The largest absolute Gasteiger partial charge is 0.298 e. The number of halogens is 2. The summed E-state index contributed by atoms with van der Waals surface area (Å²) in [5.41, 5.74) is 2.10. The van der Waals surface area contributed by atoms with E-state index >= 15 is 0 Å². The molecule has 1 aromatic carbocycles. The van der Waals surface area contributed by atoms with Gasteiger partial charge in [0.2, 0.25) is 5.95 Å². The highest BCUT2D eigenvalue weighted by Gasteiger charge is 2.21. The lowest BCUT2D eigenvalue weighted by Gasteiger charge is -2.14. The molecule has 0 aliphatic carbocycles. The summed E-state index contributed by atoms with van der Waals surface area (Å²) in [7, 11) is -2.48. The van der Waals surface area contributed by atoms with Gasteiger partial charge in [-0.2, -0.15) is 22.3 Å². The normalized spacial score (nSPS) is 12.0. The molecule has 0 unspecified atom stereocenters. The predicted octanol–water partition coefficient (Wildman–Crippen LogP) is 3.95. The number of sulfonamides is 1. The molecule has 0 bridgehead atoms. The molecule has 4 rings (SSSR count). The van der Waals surface area contributed by atoms with E-state index < -0.39 is 16.0 Å². The third kappa shape index (κ3) is 3.71. The SMILES string of the molecule is CN(/N=C/c1cnc2ccc(-c3cccnc3F)cn12)S(=O)(=O)c1ccccc1Br. The fraction of sp³-hybridized carbons (Fsp3) is 0.0500. The fourth-order valence-corrected chi connectivity index (χ4v) is 4.77. The van der Waals surface area contributed by atoms with Gasteiger partial charge >= 0.3 is 0 Å². The second kappa shape index (κ2) is 7.96. The summed E-state index contributed by atoms with van der Waals surface area (Å²) >= 11 is 3.25. The van der Waals surface area contributed by atoms with Gasteiger partial charge in [-0.05, 0) is 52.3 Å². The van der Waals surface area contributed by atoms with E-state index in [2.05, 4.69) is 31.0 Å². The number of hydrogen-bond acceptors (Lipinski definition) is 5.